The summed E-state index contributed by atoms with van der Waals surface area (Å²) in [6, 6.07) is 18.3. The number of aliphatic hydroxyl groups excluding tert-OH is 1. The van der Waals surface area contributed by atoms with E-state index in [0.29, 0.717) is 19.8 Å². The SMILES string of the molecule is COCCN(Cc1cccn1Cc1ccccc1)CC(O)COCc1ccco1. The highest BCUT2D eigenvalue weighted by Crippen LogP contribution is 2.11. The predicted octanol–water partition coefficient (Wildman–Crippen LogP) is 3.16. The molecule has 0 aliphatic rings. The largest absolute Gasteiger partial charge is 0.467 e. The molecule has 2 aromatic heterocycles. The summed E-state index contributed by atoms with van der Waals surface area (Å²) in [5.41, 5.74) is 2.47. The minimum Gasteiger partial charge on any atom is -0.467 e. The number of rotatable bonds is 13. The van der Waals surface area contributed by atoms with Crippen LogP contribution < -0.4 is 0 Å². The van der Waals surface area contributed by atoms with Crippen LogP contribution in [-0.4, -0.2) is 54.1 Å². The van der Waals surface area contributed by atoms with E-state index in [0.717, 1.165) is 25.4 Å². The fourth-order valence-corrected chi connectivity index (χ4v) is 3.25. The number of methoxy groups -OCH3 is 1. The number of aliphatic hydroxyl groups is 1. The van der Waals surface area contributed by atoms with Crippen molar-refractivity contribution in [1.82, 2.24) is 9.47 Å². The fourth-order valence-electron chi connectivity index (χ4n) is 3.25. The molecule has 2 heterocycles. The number of aromatic nitrogens is 1. The molecule has 1 unspecified atom stereocenters. The zero-order valence-corrected chi connectivity index (χ0v) is 16.9. The predicted molar refractivity (Wildman–Crippen MR) is 111 cm³/mol. The summed E-state index contributed by atoms with van der Waals surface area (Å²) in [7, 11) is 1.69. The highest BCUT2D eigenvalue weighted by Gasteiger charge is 2.15. The Bertz CT molecular complexity index is 801. The highest BCUT2D eigenvalue weighted by atomic mass is 16.5. The first-order valence-electron chi connectivity index (χ1n) is 9.92. The Hall–Kier alpha value is -2.38. The van der Waals surface area contributed by atoms with Gasteiger partial charge in [0, 0.05) is 45.2 Å². The third-order valence-corrected chi connectivity index (χ3v) is 4.72. The molecular weight excluding hydrogens is 368 g/mol. The van der Waals surface area contributed by atoms with Crippen molar-refractivity contribution >= 4 is 0 Å². The van der Waals surface area contributed by atoms with Gasteiger partial charge in [0.1, 0.15) is 12.4 Å². The van der Waals surface area contributed by atoms with E-state index in [1.54, 1.807) is 13.4 Å². The summed E-state index contributed by atoms with van der Waals surface area (Å²) >= 11 is 0. The van der Waals surface area contributed by atoms with Gasteiger partial charge in [-0.1, -0.05) is 30.3 Å². The second-order valence-corrected chi connectivity index (χ2v) is 7.09. The lowest BCUT2D eigenvalue weighted by molar-refractivity contribution is 0.000155. The lowest BCUT2D eigenvalue weighted by atomic mass is 10.2. The molecule has 1 N–H and O–H groups in total. The van der Waals surface area contributed by atoms with Crippen LogP contribution in [0.2, 0.25) is 0 Å². The normalized spacial score (nSPS) is 12.5. The van der Waals surface area contributed by atoms with E-state index in [4.69, 9.17) is 13.9 Å². The Morgan fingerprint density at radius 1 is 1.10 bits per heavy atom. The van der Waals surface area contributed by atoms with Gasteiger partial charge in [-0.05, 0) is 29.8 Å². The molecular formula is C23H30N2O4. The molecule has 3 aromatic rings. The Morgan fingerprint density at radius 2 is 1.97 bits per heavy atom. The van der Waals surface area contributed by atoms with Crippen molar-refractivity contribution < 1.29 is 19.0 Å². The number of hydrogen-bond donors (Lipinski definition) is 1. The lowest BCUT2D eigenvalue weighted by Crippen LogP contribution is -2.37. The number of nitrogens with zero attached hydrogens (tertiary/aromatic N) is 2. The second-order valence-electron chi connectivity index (χ2n) is 7.09. The van der Waals surface area contributed by atoms with Crippen LogP contribution in [0.1, 0.15) is 17.0 Å². The maximum absolute atomic E-state index is 10.4. The third kappa shape index (κ3) is 7.18. The van der Waals surface area contributed by atoms with Crippen LogP contribution in [0.15, 0.2) is 71.5 Å². The minimum absolute atomic E-state index is 0.259. The van der Waals surface area contributed by atoms with Crippen molar-refractivity contribution in [3.8, 4) is 0 Å². The van der Waals surface area contributed by atoms with Crippen LogP contribution in [0.4, 0.5) is 0 Å². The molecule has 1 aromatic carbocycles. The first-order chi connectivity index (χ1) is 14.2. The quantitative estimate of drug-likeness (QED) is 0.479. The average molecular weight is 399 g/mol. The summed E-state index contributed by atoms with van der Waals surface area (Å²) in [6.45, 7) is 4.05. The van der Waals surface area contributed by atoms with Crippen LogP contribution in [0.25, 0.3) is 0 Å². The smallest absolute Gasteiger partial charge is 0.129 e. The van der Waals surface area contributed by atoms with Crippen LogP contribution >= 0.6 is 0 Å². The molecule has 3 rings (SSSR count). The van der Waals surface area contributed by atoms with E-state index in [9.17, 15) is 5.11 Å². The molecule has 6 heteroatoms. The molecule has 0 saturated heterocycles. The van der Waals surface area contributed by atoms with Gasteiger partial charge in [-0.15, -0.1) is 0 Å². The van der Waals surface area contributed by atoms with Crippen LogP contribution in [-0.2, 0) is 29.2 Å². The monoisotopic (exact) mass is 398 g/mol. The number of ether oxygens (including phenoxy) is 2. The first kappa shape index (κ1) is 21.3. The maximum Gasteiger partial charge on any atom is 0.129 e. The van der Waals surface area contributed by atoms with Crippen molar-refractivity contribution in [3.63, 3.8) is 0 Å². The Morgan fingerprint density at radius 3 is 2.72 bits per heavy atom. The summed E-state index contributed by atoms with van der Waals surface area (Å²) in [5, 5.41) is 10.4. The Kier molecular flexibility index (Phi) is 8.52. The topological polar surface area (TPSA) is 60.0 Å². The van der Waals surface area contributed by atoms with Crippen molar-refractivity contribution in [3.05, 3.63) is 84.1 Å². The molecule has 0 spiro atoms. The highest BCUT2D eigenvalue weighted by molar-refractivity contribution is 5.17. The van der Waals surface area contributed by atoms with E-state index in [2.05, 4.69) is 52.1 Å². The minimum atomic E-state index is -0.584. The lowest BCUT2D eigenvalue weighted by Gasteiger charge is -2.25. The van der Waals surface area contributed by atoms with E-state index in [-0.39, 0.29) is 6.61 Å². The number of hydrogen-bond acceptors (Lipinski definition) is 5. The number of benzene rings is 1. The molecule has 0 radical (unpaired) electrons. The maximum atomic E-state index is 10.4. The molecule has 0 saturated carbocycles. The molecule has 0 fully saturated rings. The number of furan rings is 1. The summed E-state index contributed by atoms with van der Waals surface area (Å²) in [5.74, 6) is 0.757. The molecule has 29 heavy (non-hydrogen) atoms. The Labute approximate surface area is 172 Å². The standard InChI is InChI=1S/C23H30N2O4/c1-27-14-12-24(17-22(26)18-28-19-23-10-6-13-29-23)16-21-9-5-11-25(21)15-20-7-3-2-4-8-20/h2-11,13,22,26H,12,14-19H2,1H3. The van der Waals surface area contributed by atoms with Gasteiger partial charge in [0.05, 0.1) is 25.6 Å². The molecule has 1 atom stereocenters. The van der Waals surface area contributed by atoms with Gasteiger partial charge in [-0.2, -0.15) is 0 Å². The van der Waals surface area contributed by atoms with E-state index >= 15 is 0 Å². The molecule has 0 amide bonds. The van der Waals surface area contributed by atoms with Gasteiger partial charge in [0.2, 0.25) is 0 Å². The molecule has 0 bridgehead atoms. The van der Waals surface area contributed by atoms with Gasteiger partial charge in [-0.25, -0.2) is 0 Å². The van der Waals surface area contributed by atoms with Crippen LogP contribution in [0, 0.1) is 0 Å². The van der Waals surface area contributed by atoms with E-state index < -0.39 is 6.10 Å². The van der Waals surface area contributed by atoms with Crippen molar-refractivity contribution in [2.45, 2.75) is 25.8 Å². The molecule has 156 valence electrons. The second kappa shape index (κ2) is 11.6. The van der Waals surface area contributed by atoms with Gasteiger partial charge in [0.15, 0.2) is 0 Å². The van der Waals surface area contributed by atoms with Crippen LogP contribution in [0.5, 0.6) is 0 Å². The zero-order valence-electron chi connectivity index (χ0n) is 16.9. The molecule has 0 aliphatic heterocycles. The Balaban J connectivity index is 1.53. The van der Waals surface area contributed by atoms with Gasteiger partial charge >= 0.3 is 0 Å². The van der Waals surface area contributed by atoms with Crippen molar-refractivity contribution in [2.24, 2.45) is 0 Å². The first-order valence-corrected chi connectivity index (χ1v) is 9.92. The summed E-state index contributed by atoms with van der Waals surface area (Å²) in [6.07, 6.45) is 3.13. The molecule has 6 nitrogen and oxygen atoms in total. The fraction of sp³-hybridized carbons (Fsp3) is 0.391. The van der Waals surface area contributed by atoms with Crippen LogP contribution in [0.3, 0.4) is 0 Å². The third-order valence-electron chi connectivity index (χ3n) is 4.72. The van der Waals surface area contributed by atoms with Gasteiger partial charge < -0.3 is 23.6 Å². The summed E-state index contributed by atoms with van der Waals surface area (Å²) < 4.78 is 18.3. The zero-order chi connectivity index (χ0) is 20.3. The van der Waals surface area contributed by atoms with E-state index in [1.165, 1.54) is 11.3 Å². The van der Waals surface area contributed by atoms with E-state index in [1.807, 2.05) is 18.2 Å². The average Bonchev–Trinajstić information content (AvgIpc) is 3.39. The van der Waals surface area contributed by atoms with Crippen molar-refractivity contribution in [1.29, 1.82) is 0 Å². The van der Waals surface area contributed by atoms with Crippen molar-refractivity contribution in [2.75, 3.05) is 33.4 Å². The molecule has 0 aliphatic carbocycles. The van der Waals surface area contributed by atoms with Gasteiger partial charge in [0.25, 0.3) is 0 Å². The van der Waals surface area contributed by atoms with Gasteiger partial charge in [-0.3, -0.25) is 4.90 Å². The summed E-state index contributed by atoms with van der Waals surface area (Å²) in [4.78, 5) is 2.20.